The number of carbonyl (C=O) groups excluding carboxylic acids is 3. The molecule has 7 nitrogen and oxygen atoms in total. The predicted octanol–water partition coefficient (Wildman–Crippen LogP) is 6.75. The highest BCUT2D eigenvalue weighted by Gasteiger charge is 2.36. The zero-order valence-corrected chi connectivity index (χ0v) is 23.9. The molecule has 0 spiro atoms. The smallest absolute Gasteiger partial charge is 0.294 e. The molecular formula is C30H27BrN2O5S. The Morgan fingerprint density at radius 1 is 1.13 bits per heavy atom. The number of amides is 3. The third-order valence-corrected chi connectivity index (χ3v) is 7.36. The highest BCUT2D eigenvalue weighted by Crippen LogP contribution is 2.37. The van der Waals surface area contributed by atoms with E-state index in [1.54, 1.807) is 37.5 Å². The summed E-state index contributed by atoms with van der Waals surface area (Å²) in [4.78, 5) is 39.4. The molecule has 200 valence electrons. The average molecular weight is 608 g/mol. The molecule has 9 heteroatoms. The van der Waals surface area contributed by atoms with Gasteiger partial charge in [-0.05, 0) is 78.2 Å². The number of thioether (sulfide) groups is 1. The number of allylic oxidation sites excluding steroid dienone is 1. The van der Waals surface area contributed by atoms with Gasteiger partial charge in [0, 0.05) is 15.7 Å². The third-order valence-electron chi connectivity index (χ3n) is 5.93. The summed E-state index contributed by atoms with van der Waals surface area (Å²) >= 11 is 4.23. The van der Waals surface area contributed by atoms with E-state index in [9.17, 15) is 14.4 Å². The Hall–Kier alpha value is -3.82. The highest BCUT2D eigenvalue weighted by atomic mass is 79.9. The largest absolute Gasteiger partial charge is 0.493 e. The lowest BCUT2D eigenvalue weighted by molar-refractivity contribution is -0.127. The first kappa shape index (κ1) is 28.2. The number of para-hydroxylation sites is 1. The second-order valence-electron chi connectivity index (χ2n) is 8.75. The van der Waals surface area contributed by atoms with Gasteiger partial charge in [0.1, 0.15) is 13.2 Å². The second kappa shape index (κ2) is 12.8. The molecule has 1 aliphatic heterocycles. The molecule has 3 aromatic rings. The lowest BCUT2D eigenvalue weighted by Gasteiger charge is -2.16. The Balaban J connectivity index is 1.53. The van der Waals surface area contributed by atoms with Gasteiger partial charge in [0.25, 0.3) is 11.1 Å². The molecule has 39 heavy (non-hydrogen) atoms. The molecule has 0 atom stereocenters. The van der Waals surface area contributed by atoms with Crippen molar-refractivity contribution < 1.29 is 23.9 Å². The summed E-state index contributed by atoms with van der Waals surface area (Å²) in [6.45, 7) is 5.68. The lowest BCUT2D eigenvalue weighted by atomic mass is 10.0. The van der Waals surface area contributed by atoms with Crippen molar-refractivity contribution in [2.24, 2.45) is 0 Å². The zero-order valence-electron chi connectivity index (χ0n) is 21.5. The number of rotatable bonds is 10. The molecule has 0 radical (unpaired) electrons. The molecule has 1 saturated heterocycles. The summed E-state index contributed by atoms with van der Waals surface area (Å²) in [5, 5.41) is 2.26. The van der Waals surface area contributed by atoms with Crippen LogP contribution in [0.3, 0.4) is 0 Å². The van der Waals surface area contributed by atoms with E-state index in [0.29, 0.717) is 35.8 Å². The number of hydrogen-bond donors (Lipinski definition) is 1. The van der Waals surface area contributed by atoms with Crippen molar-refractivity contribution in [3.05, 3.63) is 105 Å². The monoisotopic (exact) mass is 606 g/mol. The number of halogens is 1. The summed E-state index contributed by atoms with van der Waals surface area (Å²) in [5.74, 6) is 0.104. The first-order valence-corrected chi connectivity index (χ1v) is 13.7. The van der Waals surface area contributed by atoms with Crippen LogP contribution < -0.4 is 14.8 Å². The molecule has 1 aliphatic rings. The Morgan fingerprint density at radius 2 is 1.87 bits per heavy atom. The molecule has 1 heterocycles. The zero-order chi connectivity index (χ0) is 27.9. The number of hydrogen-bond acceptors (Lipinski definition) is 6. The maximum absolute atomic E-state index is 13.1. The topological polar surface area (TPSA) is 84.9 Å². The summed E-state index contributed by atoms with van der Waals surface area (Å²) in [6, 6.07) is 18.8. The van der Waals surface area contributed by atoms with Crippen LogP contribution >= 0.6 is 27.7 Å². The Kier molecular flexibility index (Phi) is 9.27. The van der Waals surface area contributed by atoms with Crippen LogP contribution in [0.5, 0.6) is 11.5 Å². The van der Waals surface area contributed by atoms with Crippen LogP contribution in [-0.2, 0) is 22.6 Å². The summed E-state index contributed by atoms with van der Waals surface area (Å²) in [6.07, 6.45) is 3.89. The van der Waals surface area contributed by atoms with Crippen LogP contribution in [-0.4, -0.2) is 35.6 Å². The van der Waals surface area contributed by atoms with Crippen molar-refractivity contribution in [2.45, 2.75) is 20.0 Å². The van der Waals surface area contributed by atoms with E-state index >= 15 is 0 Å². The Labute approximate surface area is 240 Å². The fraction of sp³-hybridized carbons (Fsp3) is 0.167. The van der Waals surface area contributed by atoms with Gasteiger partial charge in [-0.2, -0.15) is 0 Å². The van der Waals surface area contributed by atoms with E-state index in [2.05, 4.69) is 27.8 Å². The fourth-order valence-electron chi connectivity index (χ4n) is 3.96. The minimum atomic E-state index is -0.523. The van der Waals surface area contributed by atoms with Crippen LogP contribution in [0.15, 0.2) is 82.7 Å². The molecule has 0 unspecified atom stereocenters. The molecule has 0 aromatic heterocycles. The molecular weight excluding hydrogens is 580 g/mol. The molecule has 3 amide bonds. The first-order chi connectivity index (χ1) is 18.8. The van der Waals surface area contributed by atoms with Crippen molar-refractivity contribution >= 4 is 56.5 Å². The van der Waals surface area contributed by atoms with Crippen molar-refractivity contribution in [3.8, 4) is 11.5 Å². The van der Waals surface area contributed by atoms with Gasteiger partial charge in [0.2, 0.25) is 5.91 Å². The highest BCUT2D eigenvalue weighted by molar-refractivity contribution is 9.10. The van der Waals surface area contributed by atoms with E-state index in [1.807, 2.05) is 49.4 Å². The maximum Gasteiger partial charge on any atom is 0.294 e. The van der Waals surface area contributed by atoms with Crippen LogP contribution in [0.2, 0.25) is 0 Å². The van der Waals surface area contributed by atoms with Gasteiger partial charge in [-0.25, -0.2) is 0 Å². The van der Waals surface area contributed by atoms with Crippen molar-refractivity contribution in [1.82, 2.24) is 4.90 Å². The molecule has 0 aliphatic carbocycles. The van der Waals surface area contributed by atoms with Gasteiger partial charge in [-0.15, -0.1) is 6.58 Å². The third kappa shape index (κ3) is 6.99. The number of carbonyl (C=O) groups is 3. The minimum Gasteiger partial charge on any atom is -0.493 e. The average Bonchev–Trinajstić information content (AvgIpc) is 3.17. The van der Waals surface area contributed by atoms with Gasteiger partial charge >= 0.3 is 0 Å². The van der Waals surface area contributed by atoms with Gasteiger partial charge in [0.05, 0.1) is 12.0 Å². The fourth-order valence-corrected chi connectivity index (χ4v) is 5.06. The van der Waals surface area contributed by atoms with Gasteiger partial charge in [-0.1, -0.05) is 52.3 Å². The second-order valence-corrected chi connectivity index (χ2v) is 10.7. The summed E-state index contributed by atoms with van der Waals surface area (Å²) in [5.41, 5.74) is 4.00. The first-order valence-electron chi connectivity index (χ1n) is 12.1. The van der Waals surface area contributed by atoms with E-state index in [0.717, 1.165) is 37.8 Å². The number of anilines is 1. The van der Waals surface area contributed by atoms with E-state index in [4.69, 9.17) is 9.47 Å². The number of ether oxygens (including phenoxy) is 2. The number of imide groups is 1. The van der Waals surface area contributed by atoms with Gasteiger partial charge in [0.15, 0.2) is 11.5 Å². The number of aryl methyl sites for hydroxylation is 1. The molecule has 3 aromatic carbocycles. The van der Waals surface area contributed by atoms with E-state index < -0.39 is 17.1 Å². The molecule has 1 fully saturated rings. The molecule has 1 N–H and O–H groups in total. The quantitative estimate of drug-likeness (QED) is 0.203. The maximum atomic E-state index is 13.1. The van der Waals surface area contributed by atoms with Crippen LogP contribution in [0.25, 0.3) is 6.08 Å². The van der Waals surface area contributed by atoms with Crippen molar-refractivity contribution in [2.75, 3.05) is 19.0 Å². The van der Waals surface area contributed by atoms with Crippen molar-refractivity contribution in [3.63, 3.8) is 0 Å². The SMILES string of the molecule is C=CCc1cc(/C=C2\SC(=O)N(CC(=O)Nc3ccccc3C)C2=O)cc(OC)c1OCc1ccc(Br)cc1. The number of nitrogens with zero attached hydrogens (tertiary/aromatic N) is 1. The van der Waals surface area contributed by atoms with Crippen LogP contribution in [0.4, 0.5) is 10.5 Å². The number of nitrogens with one attached hydrogen (secondary N) is 1. The van der Waals surface area contributed by atoms with Crippen LogP contribution in [0, 0.1) is 6.92 Å². The molecule has 4 rings (SSSR count). The summed E-state index contributed by atoms with van der Waals surface area (Å²) < 4.78 is 12.7. The Bertz CT molecular complexity index is 1450. The number of methoxy groups -OCH3 is 1. The summed E-state index contributed by atoms with van der Waals surface area (Å²) in [7, 11) is 1.55. The van der Waals surface area contributed by atoms with Gasteiger partial charge in [-0.3, -0.25) is 19.3 Å². The molecule has 0 bridgehead atoms. The van der Waals surface area contributed by atoms with Crippen molar-refractivity contribution in [1.29, 1.82) is 0 Å². The standard InChI is InChI=1S/C30H27BrN2O5S/c1-4-7-22-14-21(15-25(37-3)28(22)38-18-20-10-12-23(31)13-11-20)16-26-29(35)33(30(36)39-26)17-27(34)32-24-9-6-5-8-19(24)2/h4-6,8-16H,1,7,17-18H2,2-3H3,(H,32,34)/b26-16-. The van der Waals surface area contributed by atoms with E-state index in [-0.39, 0.29) is 11.4 Å². The lowest BCUT2D eigenvalue weighted by Crippen LogP contribution is -2.36. The van der Waals surface area contributed by atoms with Crippen LogP contribution in [0.1, 0.15) is 22.3 Å². The predicted molar refractivity (Wildman–Crippen MR) is 158 cm³/mol. The Morgan fingerprint density at radius 3 is 2.56 bits per heavy atom. The minimum absolute atomic E-state index is 0.221. The number of benzene rings is 3. The van der Waals surface area contributed by atoms with Gasteiger partial charge < -0.3 is 14.8 Å². The molecule has 0 saturated carbocycles. The van der Waals surface area contributed by atoms with E-state index in [1.165, 1.54) is 0 Å². The normalized spacial score (nSPS) is 14.0.